The third-order valence-corrected chi connectivity index (χ3v) is 4.32. The van der Waals surface area contributed by atoms with Gasteiger partial charge in [-0.2, -0.15) is 0 Å². The van der Waals surface area contributed by atoms with Crippen LogP contribution in [0.3, 0.4) is 0 Å². The summed E-state index contributed by atoms with van der Waals surface area (Å²) < 4.78 is 5.97. The van der Waals surface area contributed by atoms with Crippen LogP contribution in [0, 0.1) is 13.8 Å². The van der Waals surface area contributed by atoms with Crippen molar-refractivity contribution < 1.29 is 9.53 Å². The lowest BCUT2D eigenvalue weighted by Crippen LogP contribution is -2.32. The van der Waals surface area contributed by atoms with Gasteiger partial charge in [-0.1, -0.05) is 44.5 Å². The van der Waals surface area contributed by atoms with Crippen molar-refractivity contribution in [2.24, 2.45) is 0 Å². The van der Waals surface area contributed by atoms with Gasteiger partial charge in [0.25, 0.3) is 5.91 Å². The number of hydrogen-bond acceptors (Lipinski definition) is 2. The van der Waals surface area contributed by atoms with Crippen molar-refractivity contribution in [2.75, 3.05) is 5.32 Å². The molecule has 0 aliphatic heterocycles. The van der Waals surface area contributed by atoms with Gasteiger partial charge in [-0.15, -0.1) is 0 Å². The maximum absolute atomic E-state index is 12.6. The number of amides is 1. The van der Waals surface area contributed by atoms with E-state index in [9.17, 15) is 4.79 Å². The van der Waals surface area contributed by atoms with E-state index in [1.54, 1.807) is 0 Å². The fraction of sp³-hybridized carbons (Fsp3) is 0.409. The molecule has 0 bridgehead atoms. The zero-order valence-electron chi connectivity index (χ0n) is 15.8. The number of rotatable bonds is 8. The van der Waals surface area contributed by atoms with Crippen molar-refractivity contribution in [3.63, 3.8) is 0 Å². The summed E-state index contributed by atoms with van der Waals surface area (Å²) in [4.78, 5) is 12.6. The summed E-state index contributed by atoms with van der Waals surface area (Å²) in [6.45, 7) is 8.17. The van der Waals surface area contributed by atoms with Crippen LogP contribution in [-0.4, -0.2) is 12.0 Å². The fourth-order valence-corrected chi connectivity index (χ4v) is 2.67. The van der Waals surface area contributed by atoms with E-state index in [-0.39, 0.29) is 5.91 Å². The summed E-state index contributed by atoms with van der Waals surface area (Å²) in [7, 11) is 0. The number of anilines is 1. The zero-order chi connectivity index (χ0) is 18.2. The maximum Gasteiger partial charge on any atom is 0.265 e. The molecule has 2 aromatic carbocycles. The molecule has 0 spiro atoms. The molecule has 1 atom stereocenters. The van der Waals surface area contributed by atoms with E-state index in [1.165, 1.54) is 18.4 Å². The normalized spacial score (nSPS) is 11.8. The summed E-state index contributed by atoms with van der Waals surface area (Å²) in [5.74, 6) is 0.668. The number of nitrogens with one attached hydrogen (secondary N) is 1. The minimum Gasteiger partial charge on any atom is -0.480 e. The Morgan fingerprint density at radius 2 is 1.80 bits per heavy atom. The highest BCUT2D eigenvalue weighted by Gasteiger charge is 2.19. The molecule has 0 heterocycles. The summed E-state index contributed by atoms with van der Waals surface area (Å²) in [6, 6.07) is 14.1. The van der Waals surface area contributed by atoms with Crippen LogP contribution in [0.15, 0.2) is 42.5 Å². The molecule has 1 N–H and O–H groups in total. The van der Waals surface area contributed by atoms with Crippen LogP contribution in [0.2, 0.25) is 0 Å². The second-order valence-corrected chi connectivity index (χ2v) is 6.57. The van der Waals surface area contributed by atoms with Gasteiger partial charge in [0.05, 0.1) is 0 Å². The van der Waals surface area contributed by atoms with Crippen molar-refractivity contribution in [3.05, 3.63) is 59.2 Å². The molecule has 0 aromatic heterocycles. The van der Waals surface area contributed by atoms with Gasteiger partial charge in [0.15, 0.2) is 6.10 Å². The van der Waals surface area contributed by atoms with Gasteiger partial charge >= 0.3 is 0 Å². The molecular weight excluding hydrogens is 310 g/mol. The summed E-state index contributed by atoms with van der Waals surface area (Å²) in [5, 5.41) is 2.97. The van der Waals surface area contributed by atoms with Crippen LogP contribution >= 0.6 is 0 Å². The number of hydrogen-bond donors (Lipinski definition) is 1. The quantitative estimate of drug-likeness (QED) is 0.695. The van der Waals surface area contributed by atoms with Crippen LogP contribution in [0.5, 0.6) is 5.75 Å². The first-order valence-electron chi connectivity index (χ1n) is 9.17. The highest BCUT2D eigenvalue weighted by Crippen LogP contribution is 2.22. The minimum atomic E-state index is -0.500. The van der Waals surface area contributed by atoms with E-state index in [0.29, 0.717) is 6.42 Å². The van der Waals surface area contributed by atoms with Gasteiger partial charge in [0.1, 0.15) is 5.75 Å². The molecule has 2 aromatic rings. The molecule has 0 unspecified atom stereocenters. The summed E-state index contributed by atoms with van der Waals surface area (Å²) in [5.41, 5.74) is 4.28. The number of aryl methyl sites for hydroxylation is 3. The van der Waals surface area contributed by atoms with E-state index in [1.807, 2.05) is 51.1 Å². The molecule has 0 aliphatic carbocycles. The van der Waals surface area contributed by atoms with Crippen molar-refractivity contribution in [1.82, 2.24) is 0 Å². The smallest absolute Gasteiger partial charge is 0.265 e. The van der Waals surface area contributed by atoms with Gasteiger partial charge < -0.3 is 10.1 Å². The second-order valence-electron chi connectivity index (χ2n) is 6.57. The molecule has 134 valence electrons. The van der Waals surface area contributed by atoms with Gasteiger partial charge in [0, 0.05) is 5.69 Å². The van der Waals surface area contributed by atoms with Gasteiger partial charge in [-0.25, -0.2) is 0 Å². The van der Waals surface area contributed by atoms with Crippen LogP contribution < -0.4 is 10.1 Å². The van der Waals surface area contributed by atoms with Crippen molar-refractivity contribution in [3.8, 4) is 5.75 Å². The molecule has 25 heavy (non-hydrogen) atoms. The van der Waals surface area contributed by atoms with E-state index in [4.69, 9.17) is 4.74 Å². The molecule has 0 fully saturated rings. The first kappa shape index (κ1) is 19.0. The Kier molecular flexibility index (Phi) is 7.05. The molecular formula is C22H29NO2. The Labute approximate surface area is 151 Å². The van der Waals surface area contributed by atoms with Crippen LogP contribution in [0.25, 0.3) is 0 Å². The van der Waals surface area contributed by atoms with Gasteiger partial charge in [0.2, 0.25) is 0 Å². The van der Waals surface area contributed by atoms with Crippen LogP contribution in [0.4, 0.5) is 5.69 Å². The molecule has 1 amide bonds. The Hall–Kier alpha value is -2.29. The van der Waals surface area contributed by atoms with Gasteiger partial charge in [-0.3, -0.25) is 4.79 Å². The maximum atomic E-state index is 12.6. The largest absolute Gasteiger partial charge is 0.480 e. The molecule has 2 rings (SSSR count). The molecule has 0 radical (unpaired) electrons. The number of unbranched alkanes of at least 4 members (excludes halogenated alkanes) is 1. The third kappa shape index (κ3) is 5.63. The lowest BCUT2D eigenvalue weighted by Gasteiger charge is -2.19. The van der Waals surface area contributed by atoms with Crippen molar-refractivity contribution in [1.29, 1.82) is 0 Å². The number of ether oxygens (including phenoxy) is 1. The van der Waals surface area contributed by atoms with E-state index in [0.717, 1.165) is 29.0 Å². The Morgan fingerprint density at radius 1 is 1.08 bits per heavy atom. The Morgan fingerprint density at radius 3 is 2.44 bits per heavy atom. The van der Waals surface area contributed by atoms with Crippen molar-refractivity contribution >= 4 is 11.6 Å². The summed E-state index contributed by atoms with van der Waals surface area (Å²) in [6.07, 6.45) is 3.58. The fourth-order valence-electron chi connectivity index (χ4n) is 2.67. The van der Waals surface area contributed by atoms with Crippen LogP contribution in [-0.2, 0) is 11.2 Å². The number of carbonyl (C=O) groups excluding carboxylic acids is 1. The average molecular weight is 339 g/mol. The molecule has 0 saturated carbocycles. The molecule has 3 nitrogen and oxygen atoms in total. The van der Waals surface area contributed by atoms with E-state index >= 15 is 0 Å². The predicted octanol–water partition coefficient (Wildman–Crippen LogP) is 5.44. The highest BCUT2D eigenvalue weighted by atomic mass is 16.5. The summed E-state index contributed by atoms with van der Waals surface area (Å²) >= 11 is 0. The average Bonchev–Trinajstić information content (AvgIpc) is 2.61. The van der Waals surface area contributed by atoms with E-state index < -0.39 is 6.10 Å². The topological polar surface area (TPSA) is 38.3 Å². The monoisotopic (exact) mass is 339 g/mol. The number of benzene rings is 2. The first-order chi connectivity index (χ1) is 12.0. The third-order valence-electron chi connectivity index (χ3n) is 4.32. The first-order valence-corrected chi connectivity index (χ1v) is 9.17. The highest BCUT2D eigenvalue weighted by molar-refractivity contribution is 5.94. The standard InChI is InChI=1S/C22H29NO2/c1-5-7-8-18-11-13-19(14-12-18)23-22(24)20(6-2)25-21-15-16(3)9-10-17(21)4/h9-15,20H,5-8H2,1-4H3,(H,23,24)/t20-/m0/s1. The predicted molar refractivity (Wildman–Crippen MR) is 104 cm³/mol. The SMILES string of the molecule is CCCCc1ccc(NC(=O)[C@H](CC)Oc2cc(C)ccc2C)cc1. The minimum absolute atomic E-state index is 0.107. The van der Waals surface area contributed by atoms with Gasteiger partial charge in [-0.05, 0) is 68.0 Å². The lowest BCUT2D eigenvalue weighted by molar-refractivity contribution is -0.122. The number of carbonyl (C=O) groups is 1. The lowest BCUT2D eigenvalue weighted by atomic mass is 10.1. The Balaban J connectivity index is 2.00. The van der Waals surface area contributed by atoms with E-state index in [2.05, 4.69) is 24.4 Å². The van der Waals surface area contributed by atoms with Crippen LogP contribution in [0.1, 0.15) is 49.8 Å². The molecule has 0 aliphatic rings. The zero-order valence-corrected chi connectivity index (χ0v) is 15.8. The second kappa shape index (κ2) is 9.26. The Bertz CT molecular complexity index is 692. The van der Waals surface area contributed by atoms with Crippen molar-refractivity contribution in [2.45, 2.75) is 59.5 Å². The molecule has 0 saturated heterocycles. The molecule has 3 heteroatoms.